The molecule has 0 bridgehead atoms. The Hall–Kier alpha value is -1.75. The number of esters is 2. The van der Waals surface area contributed by atoms with Gasteiger partial charge in [-0.1, -0.05) is 23.2 Å². The number of carbonyl (C=O) groups excluding carboxylic acids is 2. The molecule has 0 heterocycles. The fourth-order valence-electron chi connectivity index (χ4n) is 2.29. The second kappa shape index (κ2) is 12.8. The van der Waals surface area contributed by atoms with Crippen LogP contribution in [-0.4, -0.2) is 39.4 Å². The number of halogens is 3. The molecular weight excluding hydrogens is 546 g/mol. The Balaban J connectivity index is 0.000000325. The van der Waals surface area contributed by atoms with Gasteiger partial charge in [-0.25, -0.2) is 9.59 Å². The third kappa shape index (κ3) is 7.19. The Morgan fingerprint density at radius 3 is 2.17 bits per heavy atom. The molecule has 2 rings (SSSR count). The highest BCUT2D eigenvalue weighted by atomic mass is 127. The van der Waals surface area contributed by atoms with E-state index in [1.165, 1.54) is 26.4 Å². The molecule has 2 aromatic carbocycles. The minimum Gasteiger partial charge on any atom is -0.465 e. The second-order valence-electron chi connectivity index (χ2n) is 5.79. The van der Waals surface area contributed by atoms with Gasteiger partial charge in [0.05, 0.1) is 45.6 Å². The largest absolute Gasteiger partial charge is 0.465 e. The molecular formula is C20H23Cl2IN2O5. The zero-order valence-corrected chi connectivity index (χ0v) is 20.4. The van der Waals surface area contributed by atoms with Crippen molar-refractivity contribution in [3.05, 3.63) is 54.6 Å². The monoisotopic (exact) mass is 568 g/mol. The summed E-state index contributed by atoms with van der Waals surface area (Å²) < 4.78 is 15.1. The van der Waals surface area contributed by atoms with Crippen LogP contribution in [0.5, 0.6) is 0 Å². The van der Waals surface area contributed by atoms with Crippen molar-refractivity contribution in [1.29, 1.82) is 0 Å². The maximum Gasteiger partial charge on any atom is 0.339 e. The minimum atomic E-state index is -0.462. The van der Waals surface area contributed by atoms with Gasteiger partial charge in [-0.3, -0.25) is 0 Å². The number of benzene rings is 2. The van der Waals surface area contributed by atoms with Crippen LogP contribution >= 0.6 is 45.8 Å². The normalized spacial score (nSPS) is 10.1. The van der Waals surface area contributed by atoms with E-state index in [-0.39, 0.29) is 0 Å². The zero-order valence-electron chi connectivity index (χ0n) is 16.8. The van der Waals surface area contributed by atoms with Gasteiger partial charge in [-0.2, -0.15) is 0 Å². The van der Waals surface area contributed by atoms with Gasteiger partial charge >= 0.3 is 11.9 Å². The van der Waals surface area contributed by atoms with Crippen LogP contribution < -0.4 is 11.5 Å². The van der Waals surface area contributed by atoms with Crippen LogP contribution in [0, 0.1) is 3.57 Å². The van der Waals surface area contributed by atoms with E-state index < -0.39 is 11.9 Å². The molecule has 0 aliphatic heterocycles. The van der Waals surface area contributed by atoms with Crippen molar-refractivity contribution in [3.63, 3.8) is 0 Å². The van der Waals surface area contributed by atoms with Crippen LogP contribution in [0.3, 0.4) is 0 Å². The molecule has 0 fully saturated rings. The molecule has 0 unspecified atom stereocenters. The van der Waals surface area contributed by atoms with Gasteiger partial charge in [0, 0.05) is 18.0 Å². The molecule has 4 N–H and O–H groups in total. The summed E-state index contributed by atoms with van der Waals surface area (Å²) in [4.78, 5) is 22.6. The van der Waals surface area contributed by atoms with Gasteiger partial charge in [-0.15, -0.1) is 0 Å². The van der Waals surface area contributed by atoms with Crippen LogP contribution in [0.2, 0.25) is 10.0 Å². The molecule has 0 atom stereocenters. The molecule has 0 aliphatic rings. The summed E-state index contributed by atoms with van der Waals surface area (Å²) in [5.41, 5.74) is 14.0. The highest BCUT2D eigenvalue weighted by molar-refractivity contribution is 14.1. The summed E-state index contributed by atoms with van der Waals surface area (Å²) in [6, 6.07) is 6.31. The number of anilines is 2. The maximum atomic E-state index is 11.6. The van der Waals surface area contributed by atoms with E-state index in [4.69, 9.17) is 44.1 Å². The number of nitrogen functional groups attached to an aromatic ring is 2. The standard InChI is InChI=1S/C12H15ClINO3.C8H8ClNO2/c1-3-18-5-4-7-6-8(12(16)17-2)9(13)10(14)11(7)15;1-12-8(11)6-3-2-5(10)4-7(6)9/h6H,3-5,15H2,1-2H3;2-4H,10H2,1H3. The Morgan fingerprint density at radius 1 is 1.03 bits per heavy atom. The summed E-state index contributed by atoms with van der Waals surface area (Å²) in [6.07, 6.45) is 0.636. The fourth-order valence-corrected chi connectivity index (χ4v) is 3.43. The first-order valence-corrected chi connectivity index (χ1v) is 10.6. The predicted octanol–water partition coefficient (Wildman–Crippen LogP) is 4.60. The third-order valence-corrected chi connectivity index (χ3v) is 6.00. The molecule has 0 amide bonds. The Labute approximate surface area is 199 Å². The van der Waals surface area contributed by atoms with E-state index in [1.807, 2.05) is 29.5 Å². The van der Waals surface area contributed by atoms with Gasteiger partial charge < -0.3 is 25.7 Å². The molecule has 0 radical (unpaired) electrons. The van der Waals surface area contributed by atoms with Crippen molar-refractivity contribution in [3.8, 4) is 0 Å². The van der Waals surface area contributed by atoms with Crippen molar-refractivity contribution in [1.82, 2.24) is 0 Å². The minimum absolute atomic E-state index is 0.307. The highest BCUT2D eigenvalue weighted by Crippen LogP contribution is 2.32. The molecule has 0 aliphatic carbocycles. The average Bonchev–Trinajstić information content (AvgIpc) is 2.73. The first-order chi connectivity index (χ1) is 14.2. The average molecular weight is 569 g/mol. The third-order valence-electron chi connectivity index (χ3n) is 3.85. The lowest BCUT2D eigenvalue weighted by atomic mass is 10.1. The molecule has 0 spiro atoms. The Bertz CT molecular complexity index is 909. The van der Waals surface area contributed by atoms with Crippen molar-refractivity contribution >= 4 is 69.1 Å². The van der Waals surface area contributed by atoms with E-state index in [0.29, 0.717) is 55.8 Å². The summed E-state index contributed by atoms with van der Waals surface area (Å²) in [7, 11) is 2.62. The molecule has 0 saturated heterocycles. The number of ether oxygens (including phenoxy) is 3. The fraction of sp³-hybridized carbons (Fsp3) is 0.300. The molecule has 30 heavy (non-hydrogen) atoms. The van der Waals surface area contributed by atoms with Gasteiger partial charge in [-0.05, 0) is 65.8 Å². The summed E-state index contributed by atoms with van der Waals surface area (Å²) in [5.74, 6) is -0.921. The van der Waals surface area contributed by atoms with E-state index >= 15 is 0 Å². The lowest BCUT2D eigenvalue weighted by molar-refractivity contribution is 0.0592. The van der Waals surface area contributed by atoms with Gasteiger partial charge in [0.15, 0.2) is 0 Å². The smallest absolute Gasteiger partial charge is 0.339 e. The van der Waals surface area contributed by atoms with Crippen molar-refractivity contribution in [2.45, 2.75) is 13.3 Å². The lowest BCUT2D eigenvalue weighted by Crippen LogP contribution is -2.09. The number of nitrogens with two attached hydrogens (primary N) is 2. The zero-order chi connectivity index (χ0) is 22.8. The number of methoxy groups -OCH3 is 2. The summed E-state index contributed by atoms with van der Waals surface area (Å²) in [6.45, 7) is 3.13. The molecule has 0 aromatic heterocycles. The number of hydrogen-bond donors (Lipinski definition) is 2. The van der Waals surface area contributed by atoms with Gasteiger partial charge in [0.25, 0.3) is 0 Å². The van der Waals surface area contributed by atoms with E-state index in [9.17, 15) is 9.59 Å². The predicted molar refractivity (Wildman–Crippen MR) is 127 cm³/mol. The first-order valence-electron chi connectivity index (χ1n) is 8.73. The molecule has 7 nitrogen and oxygen atoms in total. The molecule has 2 aromatic rings. The van der Waals surface area contributed by atoms with Crippen LogP contribution in [0.25, 0.3) is 0 Å². The number of carbonyl (C=O) groups is 2. The second-order valence-corrected chi connectivity index (χ2v) is 7.66. The van der Waals surface area contributed by atoms with Crippen LogP contribution in [-0.2, 0) is 20.6 Å². The summed E-state index contributed by atoms with van der Waals surface area (Å²) >= 11 is 13.8. The molecule has 10 heteroatoms. The Kier molecular flexibility index (Phi) is 11.2. The highest BCUT2D eigenvalue weighted by Gasteiger charge is 2.18. The maximum absolute atomic E-state index is 11.6. The van der Waals surface area contributed by atoms with Gasteiger partial charge in [0.2, 0.25) is 0 Å². The van der Waals surface area contributed by atoms with E-state index in [1.54, 1.807) is 12.1 Å². The van der Waals surface area contributed by atoms with Crippen LogP contribution in [0.15, 0.2) is 24.3 Å². The Morgan fingerprint density at radius 2 is 1.63 bits per heavy atom. The SMILES string of the molecule is CCOCCc1cc(C(=O)OC)c(Cl)c(I)c1N.COC(=O)c1ccc(N)cc1Cl. The van der Waals surface area contributed by atoms with Crippen molar-refractivity contribution < 1.29 is 23.8 Å². The van der Waals surface area contributed by atoms with Gasteiger partial charge in [0.1, 0.15) is 0 Å². The first kappa shape index (κ1) is 26.3. The van der Waals surface area contributed by atoms with E-state index in [0.717, 1.165) is 5.56 Å². The molecule has 0 saturated carbocycles. The number of hydrogen-bond acceptors (Lipinski definition) is 7. The van der Waals surface area contributed by atoms with E-state index in [2.05, 4.69) is 4.74 Å². The lowest BCUT2D eigenvalue weighted by Gasteiger charge is -2.12. The summed E-state index contributed by atoms with van der Waals surface area (Å²) in [5, 5.41) is 0.641. The van der Waals surface area contributed by atoms with Crippen molar-refractivity contribution in [2.24, 2.45) is 0 Å². The van der Waals surface area contributed by atoms with Crippen LogP contribution in [0.4, 0.5) is 11.4 Å². The van der Waals surface area contributed by atoms with Crippen molar-refractivity contribution in [2.75, 3.05) is 38.9 Å². The topological polar surface area (TPSA) is 114 Å². The quantitative estimate of drug-likeness (QED) is 0.226. The molecule has 164 valence electrons. The number of rotatable bonds is 6. The van der Waals surface area contributed by atoms with Crippen LogP contribution in [0.1, 0.15) is 33.2 Å².